The summed E-state index contributed by atoms with van der Waals surface area (Å²) < 4.78 is 28.4. The Hall–Kier alpha value is -2.83. The molecule has 2 aromatic carbocycles. The van der Waals surface area contributed by atoms with E-state index in [9.17, 15) is 23.1 Å². The van der Waals surface area contributed by atoms with Crippen LogP contribution in [0.4, 0.5) is 11.5 Å². The molecule has 1 aromatic heterocycles. The highest BCUT2D eigenvalue weighted by atomic mass is 35.5. The molecule has 226 valence electrons. The maximum Gasteiger partial charge on any atom is 0.336 e. The number of nitrogens with one attached hydrogen (secondary N) is 2. The molecule has 41 heavy (non-hydrogen) atoms. The van der Waals surface area contributed by atoms with Crippen LogP contribution < -0.4 is 14.9 Å². The van der Waals surface area contributed by atoms with Gasteiger partial charge in [-0.15, -0.1) is 37.2 Å². The van der Waals surface area contributed by atoms with Crippen molar-refractivity contribution in [3.05, 3.63) is 59.2 Å². The van der Waals surface area contributed by atoms with E-state index in [0.29, 0.717) is 49.4 Å². The summed E-state index contributed by atoms with van der Waals surface area (Å²) in [6, 6.07) is 11.2. The second-order valence-electron chi connectivity index (χ2n) is 9.90. The Kier molecular flexibility index (Phi) is 13.1. The normalized spacial score (nSPS) is 13.5. The predicted octanol–water partition coefficient (Wildman–Crippen LogP) is 4.26. The number of halogens is 3. The van der Waals surface area contributed by atoms with Crippen LogP contribution in [0.1, 0.15) is 35.3 Å². The van der Waals surface area contributed by atoms with E-state index in [4.69, 9.17) is 0 Å². The fourth-order valence-electron chi connectivity index (χ4n) is 4.42. The fraction of sp³-hybridized carbons (Fsp3) is 0.370. The Morgan fingerprint density at radius 2 is 1.61 bits per heavy atom. The third-order valence-corrected chi connectivity index (χ3v) is 7.96. The number of benzene rings is 2. The van der Waals surface area contributed by atoms with Crippen molar-refractivity contribution in [3.63, 3.8) is 0 Å². The van der Waals surface area contributed by atoms with E-state index >= 15 is 0 Å². The number of carbonyl (C=O) groups is 2. The monoisotopic (exact) mass is 647 g/mol. The van der Waals surface area contributed by atoms with Gasteiger partial charge in [0.1, 0.15) is 5.82 Å². The van der Waals surface area contributed by atoms with Gasteiger partial charge in [0.2, 0.25) is 5.91 Å². The smallest absolute Gasteiger partial charge is 0.336 e. The van der Waals surface area contributed by atoms with Crippen LogP contribution in [0.25, 0.3) is 10.9 Å². The Labute approximate surface area is 259 Å². The average Bonchev–Trinajstić information content (AvgIpc) is 2.84. The molecule has 0 radical (unpaired) electrons. The molecule has 0 bridgehead atoms. The number of nitrogens with zero attached hydrogens (tertiary/aromatic N) is 3. The molecule has 1 aliphatic rings. The minimum absolute atomic E-state index is 0. The fourth-order valence-corrected chi connectivity index (χ4v) is 5.55. The van der Waals surface area contributed by atoms with E-state index in [1.54, 1.807) is 30.3 Å². The molecule has 1 fully saturated rings. The average molecular weight is 649 g/mol. The second kappa shape index (κ2) is 14.9. The number of pyridine rings is 1. The topological polar surface area (TPSA) is 132 Å². The molecule has 0 atom stereocenters. The van der Waals surface area contributed by atoms with Crippen LogP contribution in [0, 0.1) is 13.8 Å². The Bertz CT molecular complexity index is 1500. The molecule has 2 heterocycles. The minimum atomic E-state index is -3.86. The molecular formula is C27H36Cl3N5O5S. The van der Waals surface area contributed by atoms with Gasteiger partial charge < -0.3 is 15.3 Å². The van der Waals surface area contributed by atoms with Gasteiger partial charge in [-0.25, -0.2) is 18.2 Å². The number of piperazine rings is 1. The summed E-state index contributed by atoms with van der Waals surface area (Å²) in [5.41, 5.74) is 2.58. The zero-order chi connectivity index (χ0) is 27.6. The standard InChI is InChI=1S/C27H33N5O5S.3ClH/c1-17(2)28-26(33)16-31-9-11-32(12-10-31)25-15-23(27(34)35)22-14-20(6-8-24(22)29-25)30-38(36,37)21-7-5-18(3)19(4)13-21;;;/h5-8,13-15,17,30H,9-12,16H2,1-4H3,(H,28,33)(H,34,35);3*1H. The number of aromatic nitrogens is 1. The lowest BCUT2D eigenvalue weighted by Gasteiger charge is -2.35. The number of fused-ring (bicyclic) bond motifs is 1. The number of carboxylic acids is 1. The van der Waals surface area contributed by atoms with E-state index in [1.807, 2.05) is 32.6 Å². The summed E-state index contributed by atoms with van der Waals surface area (Å²) in [6.07, 6.45) is 0. The molecule has 1 aliphatic heterocycles. The van der Waals surface area contributed by atoms with Gasteiger partial charge in [-0.2, -0.15) is 0 Å². The van der Waals surface area contributed by atoms with E-state index in [-0.39, 0.29) is 65.3 Å². The lowest BCUT2D eigenvalue weighted by atomic mass is 10.1. The summed E-state index contributed by atoms with van der Waals surface area (Å²) in [4.78, 5) is 33.1. The Morgan fingerprint density at radius 3 is 2.20 bits per heavy atom. The van der Waals surface area contributed by atoms with Crippen molar-refractivity contribution in [2.24, 2.45) is 0 Å². The lowest BCUT2D eigenvalue weighted by Crippen LogP contribution is -2.50. The van der Waals surface area contributed by atoms with Gasteiger partial charge in [-0.05, 0) is 75.2 Å². The summed E-state index contributed by atoms with van der Waals surface area (Å²) in [5.74, 6) is -0.615. The van der Waals surface area contributed by atoms with Crippen molar-refractivity contribution >= 4 is 81.5 Å². The number of sulfonamides is 1. The first-order chi connectivity index (χ1) is 17.9. The van der Waals surface area contributed by atoms with Gasteiger partial charge >= 0.3 is 5.97 Å². The lowest BCUT2D eigenvalue weighted by molar-refractivity contribution is -0.122. The molecule has 1 saturated heterocycles. The quantitative estimate of drug-likeness (QED) is 0.330. The number of carboxylic acid groups (broad SMARTS) is 1. The Balaban J connectivity index is 0.00000280. The first-order valence-electron chi connectivity index (χ1n) is 12.5. The number of anilines is 2. The van der Waals surface area contributed by atoms with Crippen molar-refractivity contribution < 1.29 is 23.1 Å². The molecule has 0 aliphatic carbocycles. The third kappa shape index (κ3) is 8.83. The summed E-state index contributed by atoms with van der Waals surface area (Å²) in [7, 11) is -3.86. The number of carbonyl (C=O) groups excluding carboxylic acids is 1. The molecule has 10 nitrogen and oxygen atoms in total. The predicted molar refractivity (Wildman–Crippen MR) is 169 cm³/mol. The first kappa shape index (κ1) is 36.2. The SMILES string of the molecule is Cc1ccc(S(=O)(=O)Nc2ccc3nc(N4CCN(CC(=O)NC(C)C)CC4)cc(C(=O)O)c3c2)cc1C.Cl.Cl.Cl. The van der Waals surface area contributed by atoms with Crippen molar-refractivity contribution in [2.45, 2.75) is 38.6 Å². The highest BCUT2D eigenvalue weighted by Gasteiger charge is 2.23. The van der Waals surface area contributed by atoms with Gasteiger partial charge in [-0.1, -0.05) is 6.07 Å². The number of hydrogen-bond acceptors (Lipinski definition) is 7. The van der Waals surface area contributed by atoms with Gasteiger partial charge in [0, 0.05) is 43.3 Å². The van der Waals surface area contributed by atoms with E-state index in [2.05, 4.69) is 19.9 Å². The zero-order valence-corrected chi connectivity index (χ0v) is 26.5. The van der Waals surface area contributed by atoms with Crippen molar-refractivity contribution in [2.75, 3.05) is 42.3 Å². The molecule has 3 aromatic rings. The van der Waals surface area contributed by atoms with Gasteiger partial charge in [-0.3, -0.25) is 14.4 Å². The summed E-state index contributed by atoms with van der Waals surface area (Å²) in [6.45, 7) is 10.4. The number of aromatic carboxylic acids is 1. The largest absolute Gasteiger partial charge is 0.478 e. The van der Waals surface area contributed by atoms with Gasteiger partial charge in [0.15, 0.2) is 0 Å². The molecule has 4 rings (SSSR count). The number of hydrogen-bond donors (Lipinski definition) is 3. The molecular weight excluding hydrogens is 613 g/mol. The van der Waals surface area contributed by atoms with Crippen LogP contribution in [0.2, 0.25) is 0 Å². The van der Waals surface area contributed by atoms with Crippen molar-refractivity contribution in [3.8, 4) is 0 Å². The number of aryl methyl sites for hydroxylation is 2. The first-order valence-corrected chi connectivity index (χ1v) is 14.0. The molecule has 14 heteroatoms. The van der Waals surface area contributed by atoms with E-state index in [0.717, 1.165) is 11.1 Å². The van der Waals surface area contributed by atoms with Gasteiger partial charge in [0.25, 0.3) is 10.0 Å². The molecule has 0 saturated carbocycles. The maximum absolute atomic E-state index is 12.9. The van der Waals surface area contributed by atoms with E-state index < -0.39 is 16.0 Å². The van der Waals surface area contributed by atoms with Gasteiger partial charge in [0.05, 0.1) is 22.5 Å². The van der Waals surface area contributed by atoms with Crippen LogP contribution in [0.3, 0.4) is 0 Å². The third-order valence-electron chi connectivity index (χ3n) is 6.58. The minimum Gasteiger partial charge on any atom is -0.478 e. The van der Waals surface area contributed by atoms with Crippen molar-refractivity contribution in [1.29, 1.82) is 0 Å². The van der Waals surface area contributed by atoms with Crippen LogP contribution in [-0.2, 0) is 14.8 Å². The summed E-state index contributed by atoms with van der Waals surface area (Å²) in [5, 5.41) is 13.2. The van der Waals surface area contributed by atoms with E-state index in [1.165, 1.54) is 12.1 Å². The summed E-state index contributed by atoms with van der Waals surface area (Å²) >= 11 is 0. The second-order valence-corrected chi connectivity index (χ2v) is 11.6. The number of amides is 1. The molecule has 1 amide bonds. The molecule has 3 N–H and O–H groups in total. The number of rotatable bonds is 8. The van der Waals surface area contributed by atoms with Crippen molar-refractivity contribution in [1.82, 2.24) is 15.2 Å². The highest BCUT2D eigenvalue weighted by molar-refractivity contribution is 7.92. The molecule has 0 spiro atoms. The van der Waals surface area contributed by atoms with Crippen LogP contribution >= 0.6 is 37.2 Å². The van der Waals surface area contributed by atoms with Crippen LogP contribution in [0.5, 0.6) is 0 Å². The zero-order valence-electron chi connectivity index (χ0n) is 23.2. The molecule has 0 unspecified atom stereocenters. The highest BCUT2D eigenvalue weighted by Crippen LogP contribution is 2.28. The van der Waals surface area contributed by atoms with Crippen LogP contribution in [-0.4, -0.2) is 74.1 Å². The Morgan fingerprint density at radius 1 is 0.951 bits per heavy atom. The maximum atomic E-state index is 12.9. The van der Waals surface area contributed by atoms with Crippen LogP contribution in [0.15, 0.2) is 47.4 Å².